The fourth-order valence-corrected chi connectivity index (χ4v) is 3.86. The topological polar surface area (TPSA) is 110 Å². The number of nitrogens with zero attached hydrogens (tertiary/aromatic N) is 2. The predicted molar refractivity (Wildman–Crippen MR) is 130 cm³/mol. The zero-order chi connectivity index (χ0) is 23.8. The van der Waals surface area contributed by atoms with Crippen molar-refractivity contribution in [2.24, 2.45) is 0 Å². The molecule has 174 valence electrons. The van der Waals surface area contributed by atoms with Crippen molar-refractivity contribution in [2.45, 2.75) is 13.2 Å². The van der Waals surface area contributed by atoms with Gasteiger partial charge in [0, 0.05) is 0 Å². The second-order valence-corrected chi connectivity index (χ2v) is 8.38. The lowest BCUT2D eigenvalue weighted by Gasteiger charge is -2.10. The third-order valence-electron chi connectivity index (χ3n) is 4.58. The van der Waals surface area contributed by atoms with Crippen molar-refractivity contribution in [3.8, 4) is 22.2 Å². The van der Waals surface area contributed by atoms with Gasteiger partial charge in [0.1, 0.15) is 24.7 Å². The van der Waals surface area contributed by atoms with Gasteiger partial charge >= 0.3 is 0 Å². The summed E-state index contributed by atoms with van der Waals surface area (Å²) in [7, 11) is 0. The number of hydrogen-bond donors (Lipinski definition) is 3. The van der Waals surface area contributed by atoms with Crippen molar-refractivity contribution in [3.63, 3.8) is 0 Å². The molecule has 4 rings (SSSR count). The van der Waals surface area contributed by atoms with E-state index in [2.05, 4.69) is 21.0 Å². The molecule has 2 aromatic heterocycles. The van der Waals surface area contributed by atoms with Gasteiger partial charge in [-0.3, -0.25) is 30.1 Å². The van der Waals surface area contributed by atoms with Crippen LogP contribution in [0.4, 0.5) is 0 Å². The number of aromatic amines is 1. The minimum absolute atomic E-state index is 0.103. The first-order chi connectivity index (χ1) is 16.6. The first-order valence-electron chi connectivity index (χ1n) is 10.2. The maximum atomic E-state index is 12.3. The van der Waals surface area contributed by atoms with Gasteiger partial charge in [-0.15, -0.1) is 11.3 Å². The largest absolute Gasteiger partial charge is 0.489 e. The Balaban J connectivity index is 1.20. The Morgan fingerprint density at radius 2 is 1.65 bits per heavy atom. The van der Waals surface area contributed by atoms with Crippen molar-refractivity contribution in [1.29, 1.82) is 0 Å². The lowest BCUT2D eigenvalue weighted by Crippen LogP contribution is -2.45. The lowest BCUT2D eigenvalue weighted by atomic mass is 10.2. The van der Waals surface area contributed by atoms with Gasteiger partial charge < -0.3 is 9.47 Å². The number of ether oxygens (including phenoxy) is 2. The summed E-state index contributed by atoms with van der Waals surface area (Å²) in [6, 6.07) is 20.5. The molecule has 0 spiro atoms. The quantitative estimate of drug-likeness (QED) is 0.242. The number of aromatic nitrogens is 3. The van der Waals surface area contributed by atoms with E-state index in [9.17, 15) is 9.59 Å². The number of thiophene rings is 1. The van der Waals surface area contributed by atoms with Gasteiger partial charge in [-0.25, -0.2) is 0 Å². The first kappa shape index (κ1) is 23.2. The second kappa shape index (κ2) is 11.3. The molecular formula is C23H21N5O4S2. The molecule has 11 heteroatoms. The molecule has 0 unspecified atom stereocenters. The van der Waals surface area contributed by atoms with Crippen molar-refractivity contribution in [3.05, 3.63) is 82.4 Å². The molecule has 0 bridgehead atoms. The predicted octanol–water partition coefficient (Wildman–Crippen LogP) is 3.47. The number of hydrazine groups is 1. The molecule has 2 amide bonds. The van der Waals surface area contributed by atoms with E-state index in [-0.39, 0.29) is 13.2 Å². The van der Waals surface area contributed by atoms with Crippen LogP contribution in [-0.4, -0.2) is 33.2 Å². The Labute approximate surface area is 204 Å². The molecule has 4 aromatic rings. The summed E-state index contributed by atoms with van der Waals surface area (Å²) in [4.78, 5) is 25.2. The van der Waals surface area contributed by atoms with E-state index < -0.39 is 11.8 Å². The molecule has 2 heterocycles. The van der Waals surface area contributed by atoms with Crippen LogP contribution in [-0.2, 0) is 22.7 Å². The summed E-state index contributed by atoms with van der Waals surface area (Å²) < 4.78 is 13.0. The first-order valence-corrected chi connectivity index (χ1v) is 11.5. The van der Waals surface area contributed by atoms with Crippen LogP contribution in [0.25, 0.3) is 10.7 Å². The molecule has 3 N–H and O–H groups in total. The summed E-state index contributed by atoms with van der Waals surface area (Å²) >= 11 is 6.68. The van der Waals surface area contributed by atoms with Crippen LogP contribution in [0.15, 0.2) is 72.1 Å². The molecule has 0 saturated carbocycles. The summed E-state index contributed by atoms with van der Waals surface area (Å²) in [6.07, 6.45) is 0. The molecule has 0 aliphatic carbocycles. The van der Waals surface area contributed by atoms with E-state index in [0.717, 1.165) is 10.4 Å². The zero-order valence-electron chi connectivity index (χ0n) is 17.9. The van der Waals surface area contributed by atoms with Crippen LogP contribution >= 0.6 is 23.6 Å². The minimum atomic E-state index is -0.507. The Morgan fingerprint density at radius 1 is 0.941 bits per heavy atom. The van der Waals surface area contributed by atoms with E-state index in [4.69, 9.17) is 21.7 Å². The van der Waals surface area contributed by atoms with Gasteiger partial charge in [-0.05, 0) is 53.5 Å². The minimum Gasteiger partial charge on any atom is -0.489 e. The summed E-state index contributed by atoms with van der Waals surface area (Å²) in [5.41, 5.74) is 5.75. The van der Waals surface area contributed by atoms with Gasteiger partial charge in [0.05, 0.1) is 4.88 Å². The van der Waals surface area contributed by atoms with Gasteiger partial charge in [-0.2, -0.15) is 5.10 Å². The molecule has 0 radical (unpaired) electrons. The average Bonchev–Trinajstić information content (AvgIpc) is 3.52. The maximum absolute atomic E-state index is 12.3. The molecule has 0 saturated heterocycles. The summed E-state index contributed by atoms with van der Waals surface area (Å²) in [5, 5.41) is 8.75. The molecule has 0 aliphatic heterocycles. The zero-order valence-corrected chi connectivity index (χ0v) is 19.5. The van der Waals surface area contributed by atoms with E-state index in [1.54, 1.807) is 28.8 Å². The highest BCUT2D eigenvalue weighted by atomic mass is 32.1. The number of H-pyrrole nitrogens is 1. The Bertz CT molecular complexity index is 1290. The van der Waals surface area contributed by atoms with Crippen molar-refractivity contribution >= 4 is 35.4 Å². The van der Waals surface area contributed by atoms with E-state index in [0.29, 0.717) is 28.7 Å². The SMILES string of the molecule is O=C(COc1ccc(OCc2ccccc2)cc1)NNC(=O)Cn1c(-c2cccs2)n[nH]c1=S. The van der Waals surface area contributed by atoms with E-state index in [1.165, 1.54) is 11.3 Å². The third-order valence-corrected chi connectivity index (χ3v) is 5.76. The van der Waals surface area contributed by atoms with Crippen LogP contribution in [0.3, 0.4) is 0 Å². The number of nitrogens with one attached hydrogen (secondary N) is 3. The van der Waals surface area contributed by atoms with Crippen molar-refractivity contribution in [1.82, 2.24) is 25.6 Å². The molecule has 34 heavy (non-hydrogen) atoms. The fraction of sp³-hybridized carbons (Fsp3) is 0.130. The summed E-state index contributed by atoms with van der Waals surface area (Å²) in [6.45, 7) is 0.0895. The highest BCUT2D eigenvalue weighted by Crippen LogP contribution is 2.22. The molecule has 0 atom stereocenters. The van der Waals surface area contributed by atoms with Crippen LogP contribution in [0.2, 0.25) is 0 Å². The van der Waals surface area contributed by atoms with Gasteiger partial charge in [0.15, 0.2) is 17.2 Å². The monoisotopic (exact) mass is 495 g/mol. The molecular weight excluding hydrogens is 474 g/mol. The number of hydrogen-bond acceptors (Lipinski definition) is 7. The smallest absolute Gasteiger partial charge is 0.276 e. The standard InChI is InChI=1S/C23H21N5O4S2/c29-20(13-28-22(26-27-23(28)33)19-7-4-12-34-19)24-25-21(30)15-32-18-10-8-17(9-11-18)31-14-16-5-2-1-3-6-16/h1-12H,13-15H2,(H,24,29)(H,25,30)(H,27,33). The second-order valence-electron chi connectivity index (χ2n) is 7.05. The number of carbonyl (C=O) groups is 2. The van der Waals surface area contributed by atoms with Gasteiger partial charge in [0.25, 0.3) is 11.8 Å². The number of carbonyl (C=O) groups excluding carboxylic acids is 2. The Hall–Kier alpha value is -3.96. The van der Waals surface area contributed by atoms with Crippen LogP contribution in [0.5, 0.6) is 11.5 Å². The normalized spacial score (nSPS) is 10.5. The van der Waals surface area contributed by atoms with Gasteiger partial charge in [0.2, 0.25) is 0 Å². The summed E-state index contributed by atoms with van der Waals surface area (Å²) in [5.74, 6) is 0.781. The Morgan fingerprint density at radius 3 is 2.35 bits per heavy atom. The fourth-order valence-electron chi connectivity index (χ4n) is 2.94. The average molecular weight is 496 g/mol. The van der Waals surface area contributed by atoms with Crippen LogP contribution in [0, 0.1) is 4.77 Å². The number of benzene rings is 2. The van der Waals surface area contributed by atoms with E-state index >= 15 is 0 Å². The number of amides is 2. The molecule has 2 aromatic carbocycles. The van der Waals surface area contributed by atoms with Crippen LogP contribution < -0.4 is 20.3 Å². The Kier molecular flexibility index (Phi) is 7.68. The van der Waals surface area contributed by atoms with Crippen LogP contribution in [0.1, 0.15) is 5.56 Å². The van der Waals surface area contributed by atoms with E-state index in [1.807, 2.05) is 47.8 Å². The molecule has 0 fully saturated rings. The highest BCUT2D eigenvalue weighted by Gasteiger charge is 2.13. The van der Waals surface area contributed by atoms with Crippen molar-refractivity contribution in [2.75, 3.05) is 6.61 Å². The molecule has 0 aliphatic rings. The van der Waals surface area contributed by atoms with Gasteiger partial charge in [-0.1, -0.05) is 36.4 Å². The van der Waals surface area contributed by atoms with Crippen molar-refractivity contribution < 1.29 is 19.1 Å². The lowest BCUT2D eigenvalue weighted by molar-refractivity contribution is -0.130. The third kappa shape index (κ3) is 6.30. The maximum Gasteiger partial charge on any atom is 0.276 e. The molecule has 9 nitrogen and oxygen atoms in total. The number of rotatable bonds is 9. The highest BCUT2D eigenvalue weighted by molar-refractivity contribution is 7.71.